The fraction of sp³-hybridized carbons (Fsp3) is 0.258. The molecule has 3 rings (SSSR count). The number of rotatable bonds is 13. The molecule has 218 valence electrons. The zero-order valence-corrected chi connectivity index (χ0v) is 26.3. The van der Waals surface area contributed by atoms with Crippen molar-refractivity contribution in [3.05, 3.63) is 74.2 Å². The number of methoxy groups -OCH3 is 7. The van der Waals surface area contributed by atoms with Crippen molar-refractivity contribution in [3.63, 3.8) is 0 Å². The quantitative estimate of drug-likeness (QED) is 0.109. The topological polar surface area (TPSA) is 81.7 Å². The average molecular weight is 648 g/mol. The van der Waals surface area contributed by atoms with Crippen LogP contribution in [0.25, 0.3) is 12.2 Å². The summed E-state index contributed by atoms with van der Waals surface area (Å²) in [5.74, 6) is 3.01. The van der Waals surface area contributed by atoms with E-state index in [-0.39, 0.29) is 5.78 Å². The Morgan fingerprint density at radius 2 is 1.27 bits per heavy atom. The van der Waals surface area contributed by atoms with Crippen LogP contribution in [-0.2, 0) is 6.42 Å². The molecule has 0 aliphatic carbocycles. The maximum absolute atomic E-state index is 13.2. The molecule has 0 heterocycles. The van der Waals surface area contributed by atoms with E-state index in [4.69, 9.17) is 44.8 Å². The van der Waals surface area contributed by atoms with Crippen molar-refractivity contribution in [1.29, 1.82) is 0 Å². The molecule has 41 heavy (non-hydrogen) atoms. The zero-order chi connectivity index (χ0) is 30.1. The van der Waals surface area contributed by atoms with Crippen molar-refractivity contribution in [2.45, 2.75) is 6.42 Å². The maximum atomic E-state index is 13.2. The van der Waals surface area contributed by atoms with Crippen molar-refractivity contribution in [3.8, 4) is 40.2 Å². The van der Waals surface area contributed by atoms with Gasteiger partial charge in [0.15, 0.2) is 28.8 Å². The summed E-state index contributed by atoms with van der Waals surface area (Å²) in [7, 11) is 10.7. The Morgan fingerprint density at radius 3 is 1.80 bits per heavy atom. The summed E-state index contributed by atoms with van der Waals surface area (Å²) < 4.78 is 38.5. The molecule has 0 amide bonds. The van der Waals surface area contributed by atoms with Crippen LogP contribution in [-0.4, -0.2) is 55.6 Å². The minimum atomic E-state index is -0.244. The van der Waals surface area contributed by atoms with Gasteiger partial charge in [0.1, 0.15) is 5.75 Å². The Hall–Kier alpha value is -3.82. The molecule has 0 N–H and O–H groups in total. The highest BCUT2D eigenvalue weighted by molar-refractivity contribution is 9.10. The molecule has 0 atom stereocenters. The summed E-state index contributed by atoms with van der Waals surface area (Å²) in [6.45, 7) is 0. The molecule has 0 radical (unpaired) electrons. The summed E-state index contributed by atoms with van der Waals surface area (Å²) in [5.41, 5.74) is 2.93. The largest absolute Gasteiger partial charge is 0.495 e. The second-order valence-corrected chi connectivity index (χ2v) is 9.66. The lowest BCUT2D eigenvalue weighted by Gasteiger charge is -2.15. The second kappa shape index (κ2) is 14.7. The first kappa shape index (κ1) is 31.7. The van der Waals surface area contributed by atoms with Crippen molar-refractivity contribution < 1.29 is 38.0 Å². The molecule has 0 spiro atoms. The number of benzene rings is 3. The predicted molar refractivity (Wildman–Crippen MR) is 164 cm³/mol. The van der Waals surface area contributed by atoms with Crippen LogP contribution in [0.5, 0.6) is 40.2 Å². The number of ether oxygens (including phenoxy) is 7. The number of carbonyl (C=O) groups excluding carboxylic acids is 1. The van der Waals surface area contributed by atoms with Gasteiger partial charge in [0, 0.05) is 5.56 Å². The van der Waals surface area contributed by atoms with Gasteiger partial charge in [-0.2, -0.15) is 0 Å². The summed E-state index contributed by atoms with van der Waals surface area (Å²) in [5, 5.41) is 0.460. The number of ketones is 1. The third-order valence-electron chi connectivity index (χ3n) is 6.20. The lowest BCUT2D eigenvalue weighted by molar-refractivity contribution is 0.104. The molecule has 8 nitrogen and oxygen atoms in total. The zero-order valence-electron chi connectivity index (χ0n) is 23.9. The molecular formula is C31H32BrClO8. The first-order valence-electron chi connectivity index (χ1n) is 12.3. The summed E-state index contributed by atoms with van der Waals surface area (Å²) in [6, 6.07) is 8.96. The highest BCUT2D eigenvalue weighted by Crippen LogP contribution is 2.45. The van der Waals surface area contributed by atoms with Crippen molar-refractivity contribution >= 4 is 45.5 Å². The van der Waals surface area contributed by atoms with E-state index in [2.05, 4.69) is 15.9 Å². The van der Waals surface area contributed by atoms with Gasteiger partial charge in [-0.1, -0.05) is 29.8 Å². The van der Waals surface area contributed by atoms with Gasteiger partial charge in [-0.3, -0.25) is 4.79 Å². The standard InChI is InChI=1S/C31H32BrClO8/c1-35-24-16-19(9-8-10-23(34)21-17-27(38-4)30(40-6)31(41-7)28(21)32)20(15-22(24)33)12-11-18-13-25(36-2)29(39-5)26(14-18)37-3/h8,10-17H,9H2,1-7H3/b10-8-,12-11-. The van der Waals surface area contributed by atoms with E-state index >= 15 is 0 Å². The molecule has 0 saturated heterocycles. The van der Waals surface area contributed by atoms with Crippen LogP contribution >= 0.6 is 27.5 Å². The molecule has 0 aliphatic heterocycles. The molecular weight excluding hydrogens is 616 g/mol. The molecule has 0 bridgehead atoms. The first-order valence-corrected chi connectivity index (χ1v) is 13.5. The molecule has 0 aromatic heterocycles. The second-order valence-electron chi connectivity index (χ2n) is 8.46. The van der Waals surface area contributed by atoms with Gasteiger partial charge in [-0.25, -0.2) is 0 Å². The van der Waals surface area contributed by atoms with Crippen molar-refractivity contribution in [2.75, 3.05) is 49.8 Å². The van der Waals surface area contributed by atoms with E-state index in [0.717, 1.165) is 16.7 Å². The molecule has 3 aromatic rings. The van der Waals surface area contributed by atoms with Crippen LogP contribution in [0.15, 0.2) is 47.0 Å². The number of carbonyl (C=O) groups is 1. The summed E-state index contributed by atoms with van der Waals surface area (Å²) in [4.78, 5) is 13.2. The summed E-state index contributed by atoms with van der Waals surface area (Å²) in [6.07, 6.45) is 7.54. The van der Waals surface area contributed by atoms with E-state index in [1.165, 1.54) is 27.4 Å². The fourth-order valence-corrected chi connectivity index (χ4v) is 5.07. The molecule has 0 saturated carbocycles. The van der Waals surface area contributed by atoms with Crippen LogP contribution in [0, 0.1) is 0 Å². The molecule has 10 heteroatoms. The van der Waals surface area contributed by atoms with Gasteiger partial charge in [-0.05, 0) is 75.4 Å². The minimum absolute atomic E-state index is 0.244. The lowest BCUT2D eigenvalue weighted by atomic mass is 10.0. The van der Waals surface area contributed by atoms with E-state index in [0.29, 0.717) is 61.7 Å². The van der Waals surface area contributed by atoms with Crippen LogP contribution in [0.1, 0.15) is 27.0 Å². The van der Waals surface area contributed by atoms with E-state index < -0.39 is 0 Å². The molecule has 0 unspecified atom stereocenters. The highest BCUT2D eigenvalue weighted by atomic mass is 79.9. The fourth-order valence-electron chi connectivity index (χ4n) is 4.17. The predicted octanol–water partition coefficient (Wildman–Crippen LogP) is 7.31. The van der Waals surface area contributed by atoms with E-state index in [1.54, 1.807) is 40.6 Å². The smallest absolute Gasteiger partial charge is 0.204 e. The van der Waals surface area contributed by atoms with Gasteiger partial charge in [-0.15, -0.1) is 0 Å². The molecule has 0 aliphatic rings. The van der Waals surface area contributed by atoms with E-state index in [1.807, 2.05) is 36.4 Å². The maximum Gasteiger partial charge on any atom is 0.204 e. The molecule has 0 fully saturated rings. The third-order valence-corrected chi connectivity index (χ3v) is 7.28. The minimum Gasteiger partial charge on any atom is -0.495 e. The van der Waals surface area contributed by atoms with Crippen LogP contribution < -0.4 is 33.2 Å². The summed E-state index contributed by atoms with van der Waals surface area (Å²) >= 11 is 9.92. The average Bonchev–Trinajstić information content (AvgIpc) is 2.99. The SMILES string of the molecule is COc1cc(C/C=C\C(=O)c2cc(OC)c(OC)c(OC)c2Br)c(/C=C\c2cc(OC)c(OC)c(OC)c2)cc1Cl. The number of hydrogen-bond acceptors (Lipinski definition) is 8. The van der Waals surface area contributed by atoms with Gasteiger partial charge >= 0.3 is 0 Å². The van der Waals surface area contributed by atoms with Crippen LogP contribution in [0.4, 0.5) is 0 Å². The van der Waals surface area contributed by atoms with E-state index in [9.17, 15) is 4.79 Å². The van der Waals surface area contributed by atoms with Gasteiger partial charge in [0.05, 0.1) is 59.3 Å². The monoisotopic (exact) mass is 646 g/mol. The number of allylic oxidation sites excluding steroid dienone is 2. The Bertz CT molecular complexity index is 1440. The van der Waals surface area contributed by atoms with Gasteiger partial charge in [0.2, 0.25) is 11.5 Å². The molecule has 3 aromatic carbocycles. The Balaban J connectivity index is 1.95. The Labute approximate surface area is 253 Å². The Kier molecular flexibility index (Phi) is 11.4. The third kappa shape index (κ3) is 7.10. The van der Waals surface area contributed by atoms with Crippen LogP contribution in [0.2, 0.25) is 5.02 Å². The highest BCUT2D eigenvalue weighted by Gasteiger charge is 2.22. The lowest BCUT2D eigenvalue weighted by Crippen LogP contribution is -2.03. The number of hydrogen-bond donors (Lipinski definition) is 0. The van der Waals surface area contributed by atoms with Gasteiger partial charge < -0.3 is 33.2 Å². The normalized spacial score (nSPS) is 11.0. The Morgan fingerprint density at radius 1 is 0.707 bits per heavy atom. The van der Waals surface area contributed by atoms with Crippen molar-refractivity contribution in [2.24, 2.45) is 0 Å². The van der Waals surface area contributed by atoms with Gasteiger partial charge in [0.25, 0.3) is 0 Å². The van der Waals surface area contributed by atoms with Crippen molar-refractivity contribution in [1.82, 2.24) is 0 Å². The van der Waals surface area contributed by atoms with Crippen LogP contribution in [0.3, 0.4) is 0 Å². The first-order chi connectivity index (χ1) is 19.8. The number of halogens is 2.